The Morgan fingerprint density at radius 1 is 1.31 bits per heavy atom. The lowest BCUT2D eigenvalue weighted by Gasteiger charge is -2.04. The van der Waals surface area contributed by atoms with Crippen molar-refractivity contribution in [2.75, 3.05) is 27.2 Å². The zero-order chi connectivity index (χ0) is 13.1. The van der Waals surface area contributed by atoms with Crippen LogP contribution >= 0.6 is 0 Å². The van der Waals surface area contributed by atoms with Crippen molar-refractivity contribution in [2.45, 2.75) is 13.3 Å². The monoisotopic (exact) mass is 235 g/mol. The van der Waals surface area contributed by atoms with Gasteiger partial charge in [-0.3, -0.25) is 20.2 Å². The van der Waals surface area contributed by atoms with E-state index in [2.05, 4.69) is 0 Å². The summed E-state index contributed by atoms with van der Waals surface area (Å²) >= 11 is 0. The maximum absolute atomic E-state index is 10.1. The van der Waals surface area contributed by atoms with Crippen molar-refractivity contribution in [3.8, 4) is 0 Å². The zero-order valence-corrected chi connectivity index (χ0v) is 9.62. The summed E-state index contributed by atoms with van der Waals surface area (Å²) < 4.78 is 0. The average Bonchev–Trinajstić information content (AvgIpc) is 2.11. The highest BCUT2D eigenvalue weighted by atomic mass is 16.7. The molecule has 0 aliphatic rings. The lowest BCUT2D eigenvalue weighted by molar-refractivity contribution is -0.616. The van der Waals surface area contributed by atoms with Gasteiger partial charge in [0.05, 0.1) is 6.08 Å². The van der Waals surface area contributed by atoms with Crippen LogP contribution in [0.2, 0.25) is 0 Å². The maximum Gasteiger partial charge on any atom is 0.554 e. The summed E-state index contributed by atoms with van der Waals surface area (Å²) in [6.07, 6.45) is 1.31. The number of nitrogens with zero attached hydrogens (tertiary/aromatic N) is 3. The molecule has 0 spiro atoms. The van der Waals surface area contributed by atoms with E-state index in [0.29, 0.717) is 13.0 Å². The van der Waals surface area contributed by atoms with Crippen LogP contribution in [0.15, 0.2) is 11.9 Å². The van der Waals surface area contributed by atoms with Crippen LogP contribution in [-0.4, -0.2) is 47.1 Å². The predicted octanol–water partition coefficient (Wildman–Crippen LogP) is 0.332. The first-order chi connectivity index (χ1) is 7.36. The van der Waals surface area contributed by atoms with Gasteiger partial charge < -0.3 is 10.0 Å². The van der Waals surface area contributed by atoms with E-state index < -0.39 is 15.7 Å². The maximum atomic E-state index is 10.1. The second-order valence-corrected chi connectivity index (χ2v) is 2.98. The van der Waals surface area contributed by atoms with E-state index in [4.69, 9.17) is 5.11 Å². The first kappa shape index (κ1) is 16.9. The highest BCUT2D eigenvalue weighted by Gasteiger charge is 2.23. The van der Waals surface area contributed by atoms with Crippen LogP contribution in [0.25, 0.3) is 0 Å². The van der Waals surface area contributed by atoms with Crippen LogP contribution in [0.5, 0.6) is 0 Å². The van der Waals surface area contributed by atoms with Crippen LogP contribution in [0.3, 0.4) is 0 Å². The molecule has 0 saturated heterocycles. The molecule has 0 aromatic heterocycles. The van der Waals surface area contributed by atoms with Crippen LogP contribution < -0.4 is 0 Å². The van der Waals surface area contributed by atoms with Gasteiger partial charge in [0.2, 0.25) is 0 Å². The molecule has 16 heavy (non-hydrogen) atoms. The van der Waals surface area contributed by atoms with Crippen molar-refractivity contribution < 1.29 is 15.0 Å². The topological polar surface area (TPSA) is 110 Å². The van der Waals surface area contributed by atoms with Gasteiger partial charge in [-0.25, -0.2) is 0 Å². The number of rotatable bonds is 5. The second-order valence-electron chi connectivity index (χ2n) is 2.98. The minimum absolute atomic E-state index is 0.250. The largest absolute Gasteiger partial charge is 0.554 e. The molecule has 8 heteroatoms. The molecule has 0 unspecified atom stereocenters. The lowest BCUT2D eigenvalue weighted by atomic mass is 10.4. The Bertz CT molecular complexity index is 236. The molecule has 0 heterocycles. The van der Waals surface area contributed by atoms with Gasteiger partial charge in [0.15, 0.2) is 0 Å². The number of aliphatic hydroxyl groups is 1. The Hall–Kier alpha value is -1.54. The third-order valence-corrected chi connectivity index (χ3v) is 1.28. The fourth-order valence-corrected chi connectivity index (χ4v) is 0.668. The third-order valence-electron chi connectivity index (χ3n) is 1.28. The van der Waals surface area contributed by atoms with E-state index >= 15 is 0 Å². The van der Waals surface area contributed by atoms with Gasteiger partial charge in [-0.1, -0.05) is 0 Å². The van der Waals surface area contributed by atoms with Crippen molar-refractivity contribution in [3.05, 3.63) is 32.1 Å². The fourth-order valence-electron chi connectivity index (χ4n) is 0.668. The molecule has 0 aromatic carbocycles. The van der Waals surface area contributed by atoms with E-state index in [9.17, 15) is 20.2 Å². The van der Waals surface area contributed by atoms with Crippen LogP contribution in [0, 0.1) is 20.2 Å². The molecular weight excluding hydrogens is 218 g/mol. The second kappa shape index (κ2) is 9.99. The summed E-state index contributed by atoms with van der Waals surface area (Å²) in [5.41, 5.74) is 0. The lowest BCUT2D eigenvalue weighted by Crippen LogP contribution is -2.14. The predicted molar refractivity (Wildman–Crippen MR) is 58.0 cm³/mol. The van der Waals surface area contributed by atoms with Gasteiger partial charge in [0.1, 0.15) is 9.85 Å². The van der Waals surface area contributed by atoms with E-state index in [1.807, 2.05) is 0 Å². The van der Waals surface area contributed by atoms with Gasteiger partial charge in [0, 0.05) is 13.2 Å². The first-order valence-corrected chi connectivity index (χ1v) is 4.61. The van der Waals surface area contributed by atoms with E-state index in [1.54, 1.807) is 25.9 Å². The molecule has 0 amide bonds. The summed E-state index contributed by atoms with van der Waals surface area (Å²) in [6.45, 7) is 2.48. The Morgan fingerprint density at radius 3 is 1.94 bits per heavy atom. The minimum atomic E-state index is -0.990. The summed E-state index contributed by atoms with van der Waals surface area (Å²) in [5.74, 6) is -0.957. The Balaban J connectivity index is 0. The van der Waals surface area contributed by atoms with E-state index in [-0.39, 0.29) is 6.61 Å². The van der Waals surface area contributed by atoms with Crippen molar-refractivity contribution >= 4 is 0 Å². The average molecular weight is 235 g/mol. The number of nitro groups is 2. The number of hydrogen-bond donors (Lipinski definition) is 1. The van der Waals surface area contributed by atoms with Gasteiger partial charge >= 0.3 is 5.82 Å². The summed E-state index contributed by atoms with van der Waals surface area (Å²) in [4.78, 5) is 20.0. The molecule has 0 aliphatic heterocycles. The Morgan fingerprint density at radius 2 is 1.69 bits per heavy atom. The van der Waals surface area contributed by atoms with E-state index in [0.717, 1.165) is 6.08 Å². The molecule has 0 saturated carbocycles. The highest BCUT2D eigenvalue weighted by molar-refractivity contribution is 4.81. The Labute approximate surface area is 93.5 Å². The van der Waals surface area contributed by atoms with Gasteiger partial charge in [-0.15, -0.1) is 0 Å². The van der Waals surface area contributed by atoms with Gasteiger partial charge in [-0.05, 0) is 27.4 Å². The third kappa shape index (κ3) is 10.5. The normalized spacial score (nSPS) is 9.06. The molecule has 0 atom stereocenters. The molecule has 8 nitrogen and oxygen atoms in total. The van der Waals surface area contributed by atoms with Gasteiger partial charge in [-0.2, -0.15) is 0 Å². The molecule has 0 aliphatic carbocycles. The zero-order valence-electron chi connectivity index (χ0n) is 9.62. The standard InChI is InChI=1S/C6H11N3O4.C2H6O/c1-7(2)5-3-4-6(8(10)11)9(12)13;1-2-3/h4H,3,5H2,1-2H3;3H,2H2,1H3. The van der Waals surface area contributed by atoms with Crippen LogP contribution in [-0.2, 0) is 0 Å². The first-order valence-electron chi connectivity index (χ1n) is 4.61. The molecule has 0 rings (SSSR count). The van der Waals surface area contributed by atoms with Crippen molar-refractivity contribution in [2.24, 2.45) is 0 Å². The van der Waals surface area contributed by atoms with Crippen LogP contribution in [0.1, 0.15) is 13.3 Å². The smallest absolute Gasteiger partial charge is 0.397 e. The fraction of sp³-hybridized carbons (Fsp3) is 0.750. The molecule has 94 valence electrons. The van der Waals surface area contributed by atoms with Gasteiger partial charge in [0.25, 0.3) is 0 Å². The Kier molecular flexibility index (Phi) is 10.5. The summed E-state index contributed by atoms with van der Waals surface area (Å²) in [7, 11) is 3.57. The quantitative estimate of drug-likeness (QED) is 0.543. The number of aliphatic hydroxyl groups excluding tert-OH is 1. The van der Waals surface area contributed by atoms with Crippen LogP contribution in [0.4, 0.5) is 0 Å². The minimum Gasteiger partial charge on any atom is -0.397 e. The van der Waals surface area contributed by atoms with Crippen molar-refractivity contribution in [3.63, 3.8) is 0 Å². The SMILES string of the molecule is CCO.CN(C)CCC=C([N+](=O)[O-])[N+](=O)[O-]. The summed E-state index contributed by atoms with van der Waals surface area (Å²) in [6, 6.07) is 0. The molecule has 0 fully saturated rings. The van der Waals surface area contributed by atoms with Crippen molar-refractivity contribution in [1.82, 2.24) is 4.90 Å². The van der Waals surface area contributed by atoms with Crippen molar-refractivity contribution in [1.29, 1.82) is 0 Å². The molecule has 1 N–H and O–H groups in total. The number of hydrogen-bond acceptors (Lipinski definition) is 6. The molecule has 0 aromatic rings. The molecule has 0 bridgehead atoms. The molecular formula is C8H17N3O5. The highest BCUT2D eigenvalue weighted by Crippen LogP contribution is 1.98. The molecule has 0 radical (unpaired) electrons. The summed E-state index contributed by atoms with van der Waals surface area (Å²) in [5, 5.41) is 27.8. The van der Waals surface area contributed by atoms with E-state index in [1.165, 1.54) is 0 Å².